The van der Waals surface area contributed by atoms with Crippen LogP contribution in [0.3, 0.4) is 0 Å². The lowest BCUT2D eigenvalue weighted by Gasteiger charge is -2.03. The molecule has 0 saturated carbocycles. The lowest BCUT2D eigenvalue weighted by molar-refractivity contribution is -0.104. The highest BCUT2D eigenvalue weighted by Crippen LogP contribution is 1.76. The zero-order chi connectivity index (χ0) is 8.41. The molecule has 0 fully saturated rings. The fraction of sp³-hybridized carbons (Fsp3) is 0.625. The molecule has 0 amide bonds. The summed E-state index contributed by atoms with van der Waals surface area (Å²) in [6.45, 7) is 6.50. The molecule has 0 rings (SSSR count). The molecule has 10 heavy (non-hydrogen) atoms. The Kier molecular flexibility index (Phi) is 13.5. The Hall–Kier alpha value is -0.630. The maximum Gasteiger partial charge on any atom is 0.142 e. The summed E-state index contributed by atoms with van der Waals surface area (Å²) in [4.78, 5) is 11.2. The van der Waals surface area contributed by atoms with Gasteiger partial charge in [-0.3, -0.25) is 4.79 Å². The molecule has 60 valence electrons. The molecule has 0 aromatic heterocycles. The Morgan fingerprint density at radius 1 is 1.50 bits per heavy atom. The number of hydrogen-bond acceptors (Lipinski definition) is 2. The van der Waals surface area contributed by atoms with E-state index in [-0.39, 0.29) is 0 Å². The third-order valence-electron chi connectivity index (χ3n) is 0.767. The predicted octanol–water partition coefficient (Wildman–Crippen LogP) is 1.33. The lowest BCUT2D eigenvalue weighted by Crippen LogP contribution is -2.11. The SMILES string of the molecule is C=CC=O.CCCN(C)C. The van der Waals surface area contributed by atoms with Crippen LogP contribution in [-0.2, 0) is 4.79 Å². The fourth-order valence-electron chi connectivity index (χ4n) is 0.447. The highest BCUT2D eigenvalue weighted by atomic mass is 16.1. The van der Waals surface area contributed by atoms with Crippen molar-refractivity contribution in [2.45, 2.75) is 13.3 Å². The first-order valence-electron chi connectivity index (χ1n) is 3.40. The average Bonchev–Trinajstić information content (AvgIpc) is 1.89. The van der Waals surface area contributed by atoms with Crippen LogP contribution in [0.25, 0.3) is 0 Å². The minimum absolute atomic E-state index is 0.639. The first-order chi connectivity index (χ1) is 4.68. The number of hydrogen-bond donors (Lipinski definition) is 0. The largest absolute Gasteiger partial charge is 0.309 e. The van der Waals surface area contributed by atoms with E-state index < -0.39 is 0 Å². The normalized spacial score (nSPS) is 8.00. The van der Waals surface area contributed by atoms with Crippen molar-refractivity contribution < 1.29 is 4.79 Å². The highest BCUT2D eigenvalue weighted by molar-refractivity contribution is 5.63. The topological polar surface area (TPSA) is 20.3 Å². The molecule has 2 nitrogen and oxygen atoms in total. The van der Waals surface area contributed by atoms with Gasteiger partial charge >= 0.3 is 0 Å². The van der Waals surface area contributed by atoms with E-state index in [4.69, 9.17) is 4.79 Å². The van der Waals surface area contributed by atoms with Crippen LogP contribution < -0.4 is 0 Å². The van der Waals surface area contributed by atoms with Crippen molar-refractivity contribution in [3.8, 4) is 0 Å². The third-order valence-corrected chi connectivity index (χ3v) is 0.767. The van der Waals surface area contributed by atoms with Gasteiger partial charge < -0.3 is 4.90 Å². The summed E-state index contributed by atoms with van der Waals surface area (Å²) in [6, 6.07) is 0. The summed E-state index contributed by atoms with van der Waals surface area (Å²) >= 11 is 0. The van der Waals surface area contributed by atoms with Crippen LogP contribution in [0.15, 0.2) is 12.7 Å². The Morgan fingerprint density at radius 3 is 1.90 bits per heavy atom. The number of aldehydes is 1. The first-order valence-corrected chi connectivity index (χ1v) is 3.40. The first kappa shape index (κ1) is 12.1. The van der Waals surface area contributed by atoms with Crippen molar-refractivity contribution in [3.63, 3.8) is 0 Å². The summed E-state index contributed by atoms with van der Waals surface area (Å²) in [6.07, 6.45) is 3.09. The number of nitrogens with zero attached hydrogens (tertiary/aromatic N) is 1. The number of carbonyl (C=O) groups is 1. The maximum absolute atomic E-state index is 9.06. The van der Waals surface area contributed by atoms with Gasteiger partial charge in [-0.1, -0.05) is 13.5 Å². The van der Waals surface area contributed by atoms with Gasteiger partial charge in [-0.05, 0) is 33.1 Å². The van der Waals surface area contributed by atoms with Crippen LogP contribution in [0.5, 0.6) is 0 Å². The molecule has 0 N–H and O–H groups in total. The van der Waals surface area contributed by atoms with E-state index in [0.29, 0.717) is 6.29 Å². The second-order valence-electron chi connectivity index (χ2n) is 2.18. The second-order valence-corrected chi connectivity index (χ2v) is 2.18. The number of rotatable bonds is 3. The van der Waals surface area contributed by atoms with E-state index in [1.54, 1.807) is 0 Å². The van der Waals surface area contributed by atoms with Gasteiger partial charge in [-0.2, -0.15) is 0 Å². The molecule has 0 aromatic rings. The Morgan fingerprint density at radius 2 is 1.90 bits per heavy atom. The van der Waals surface area contributed by atoms with Gasteiger partial charge in [0.05, 0.1) is 0 Å². The van der Waals surface area contributed by atoms with E-state index in [2.05, 4.69) is 32.5 Å². The van der Waals surface area contributed by atoms with Gasteiger partial charge in [0.1, 0.15) is 6.29 Å². The third kappa shape index (κ3) is 26.3. The van der Waals surface area contributed by atoms with Crippen LogP contribution in [0, 0.1) is 0 Å². The molecule has 0 aliphatic heterocycles. The van der Waals surface area contributed by atoms with Gasteiger partial charge in [0.2, 0.25) is 0 Å². The smallest absolute Gasteiger partial charge is 0.142 e. The molecule has 0 saturated heterocycles. The summed E-state index contributed by atoms with van der Waals surface area (Å²) in [5, 5.41) is 0. The molecule has 0 heterocycles. The van der Waals surface area contributed by atoms with E-state index >= 15 is 0 Å². The summed E-state index contributed by atoms with van der Waals surface area (Å²) in [7, 11) is 4.17. The minimum atomic E-state index is 0.639. The molecule has 0 atom stereocenters. The molecule has 0 bridgehead atoms. The van der Waals surface area contributed by atoms with Gasteiger partial charge in [0.25, 0.3) is 0 Å². The zero-order valence-electron chi connectivity index (χ0n) is 7.13. The van der Waals surface area contributed by atoms with Crippen LogP contribution in [0.1, 0.15) is 13.3 Å². The number of carbonyl (C=O) groups excluding carboxylic acids is 1. The van der Waals surface area contributed by atoms with Gasteiger partial charge in [-0.15, -0.1) is 0 Å². The minimum Gasteiger partial charge on any atom is -0.309 e. The molecule has 0 radical (unpaired) electrons. The van der Waals surface area contributed by atoms with E-state index in [9.17, 15) is 0 Å². The molecular weight excluding hydrogens is 126 g/mol. The van der Waals surface area contributed by atoms with Crippen molar-refractivity contribution in [2.75, 3.05) is 20.6 Å². The van der Waals surface area contributed by atoms with Gasteiger partial charge in [0.15, 0.2) is 0 Å². The number of allylic oxidation sites excluding steroid dienone is 1. The van der Waals surface area contributed by atoms with Crippen LogP contribution in [0.2, 0.25) is 0 Å². The van der Waals surface area contributed by atoms with E-state index in [1.165, 1.54) is 19.0 Å². The van der Waals surface area contributed by atoms with Crippen molar-refractivity contribution >= 4 is 6.29 Å². The van der Waals surface area contributed by atoms with Crippen molar-refractivity contribution in [1.29, 1.82) is 0 Å². The van der Waals surface area contributed by atoms with Gasteiger partial charge in [-0.25, -0.2) is 0 Å². The highest BCUT2D eigenvalue weighted by Gasteiger charge is 1.79. The maximum atomic E-state index is 9.06. The molecule has 0 unspecified atom stereocenters. The van der Waals surface area contributed by atoms with E-state index in [0.717, 1.165) is 0 Å². The van der Waals surface area contributed by atoms with Crippen molar-refractivity contribution in [2.24, 2.45) is 0 Å². The zero-order valence-corrected chi connectivity index (χ0v) is 7.13. The molecule has 0 aliphatic carbocycles. The summed E-state index contributed by atoms with van der Waals surface area (Å²) < 4.78 is 0. The monoisotopic (exact) mass is 143 g/mol. The Balaban J connectivity index is 0. The molecule has 0 spiro atoms. The Bertz CT molecular complexity index is 73.3. The van der Waals surface area contributed by atoms with Crippen LogP contribution >= 0.6 is 0 Å². The lowest BCUT2D eigenvalue weighted by atomic mass is 10.5. The molecular formula is C8H17NO. The summed E-state index contributed by atoms with van der Waals surface area (Å²) in [5.41, 5.74) is 0. The van der Waals surface area contributed by atoms with Crippen molar-refractivity contribution in [3.05, 3.63) is 12.7 Å². The molecule has 2 heteroatoms. The van der Waals surface area contributed by atoms with Crippen molar-refractivity contribution in [1.82, 2.24) is 4.90 Å². The van der Waals surface area contributed by atoms with Crippen LogP contribution in [0.4, 0.5) is 0 Å². The fourth-order valence-corrected chi connectivity index (χ4v) is 0.447. The average molecular weight is 143 g/mol. The van der Waals surface area contributed by atoms with E-state index in [1.807, 2.05) is 0 Å². The van der Waals surface area contributed by atoms with Gasteiger partial charge in [0, 0.05) is 0 Å². The predicted molar refractivity (Wildman–Crippen MR) is 45.1 cm³/mol. The molecule has 0 aromatic carbocycles. The summed E-state index contributed by atoms with van der Waals surface area (Å²) in [5.74, 6) is 0. The Labute approximate surface area is 63.5 Å². The standard InChI is InChI=1S/C5H13N.C3H4O/c1-4-5-6(2)3;1-2-3-4/h4-5H2,1-3H3;2-3H,1H2. The second kappa shape index (κ2) is 11.2. The quantitative estimate of drug-likeness (QED) is 0.439. The van der Waals surface area contributed by atoms with Crippen LogP contribution in [-0.4, -0.2) is 31.8 Å². The molecule has 0 aliphatic rings.